The predicted molar refractivity (Wildman–Crippen MR) is 68.5 cm³/mol. The summed E-state index contributed by atoms with van der Waals surface area (Å²) in [5, 5.41) is 1.86. The lowest BCUT2D eigenvalue weighted by Crippen LogP contribution is -2.32. The molecule has 92 valence electrons. The summed E-state index contributed by atoms with van der Waals surface area (Å²) in [6.07, 6.45) is 0. The number of nitrogens with zero attached hydrogens (tertiary/aromatic N) is 3. The Labute approximate surface area is 102 Å². The fraction of sp³-hybridized carbons (Fsp3) is 0.462. The van der Waals surface area contributed by atoms with Crippen molar-refractivity contribution in [3.05, 3.63) is 35.9 Å². The molecule has 1 heterocycles. The Morgan fingerprint density at radius 1 is 1.35 bits per heavy atom. The van der Waals surface area contributed by atoms with Crippen molar-refractivity contribution in [2.24, 2.45) is 4.99 Å². The highest BCUT2D eigenvalue weighted by molar-refractivity contribution is 5.80. The monoisotopic (exact) mass is 233 g/mol. The van der Waals surface area contributed by atoms with Crippen molar-refractivity contribution in [1.29, 1.82) is 0 Å². The van der Waals surface area contributed by atoms with Gasteiger partial charge in [0.05, 0.1) is 12.4 Å². The van der Waals surface area contributed by atoms with Gasteiger partial charge in [0, 0.05) is 20.1 Å². The molecular weight excluding hydrogens is 214 g/mol. The summed E-state index contributed by atoms with van der Waals surface area (Å²) in [5.41, 5.74) is 1.25. The molecule has 0 bridgehead atoms. The zero-order valence-corrected chi connectivity index (χ0v) is 10.5. The van der Waals surface area contributed by atoms with Gasteiger partial charge in [-0.2, -0.15) is 5.06 Å². The Kier molecular flexibility index (Phi) is 4.12. The first-order valence-electron chi connectivity index (χ1n) is 5.89. The SMILES string of the molecule is CC1=NCCN1CON(C)Cc1ccccc1. The highest BCUT2D eigenvalue weighted by Crippen LogP contribution is 2.05. The van der Waals surface area contributed by atoms with E-state index >= 15 is 0 Å². The van der Waals surface area contributed by atoms with Crippen LogP contribution in [-0.2, 0) is 11.4 Å². The van der Waals surface area contributed by atoms with Gasteiger partial charge in [0.15, 0.2) is 0 Å². The van der Waals surface area contributed by atoms with Gasteiger partial charge in [-0.3, -0.25) is 9.83 Å². The molecule has 1 aliphatic rings. The molecule has 1 aromatic rings. The summed E-state index contributed by atoms with van der Waals surface area (Å²) in [7, 11) is 1.95. The summed E-state index contributed by atoms with van der Waals surface area (Å²) < 4.78 is 0. The van der Waals surface area contributed by atoms with Gasteiger partial charge in [-0.15, -0.1) is 0 Å². The third kappa shape index (κ3) is 3.54. The van der Waals surface area contributed by atoms with E-state index < -0.39 is 0 Å². The van der Waals surface area contributed by atoms with Crippen LogP contribution in [0.5, 0.6) is 0 Å². The second kappa shape index (κ2) is 5.80. The van der Waals surface area contributed by atoms with Gasteiger partial charge in [0.25, 0.3) is 0 Å². The summed E-state index contributed by atoms with van der Waals surface area (Å²) in [4.78, 5) is 12.1. The van der Waals surface area contributed by atoms with Crippen LogP contribution in [0, 0.1) is 0 Å². The fourth-order valence-corrected chi connectivity index (χ4v) is 1.81. The molecule has 0 saturated heterocycles. The second-order valence-corrected chi connectivity index (χ2v) is 4.22. The number of hydrogen-bond donors (Lipinski definition) is 0. The maximum atomic E-state index is 5.68. The van der Waals surface area contributed by atoms with Gasteiger partial charge in [-0.05, 0) is 12.5 Å². The lowest BCUT2D eigenvalue weighted by molar-refractivity contribution is -0.170. The van der Waals surface area contributed by atoms with Crippen LogP contribution in [0.2, 0.25) is 0 Å². The molecule has 0 amide bonds. The third-order valence-electron chi connectivity index (χ3n) is 2.85. The Morgan fingerprint density at radius 3 is 2.76 bits per heavy atom. The Hall–Kier alpha value is -1.39. The molecule has 0 aromatic heterocycles. The summed E-state index contributed by atoms with van der Waals surface area (Å²) in [6, 6.07) is 10.3. The number of rotatable bonds is 5. The Balaban J connectivity index is 1.74. The number of aliphatic imine (C=N–C) groups is 1. The summed E-state index contributed by atoms with van der Waals surface area (Å²) >= 11 is 0. The molecule has 1 aliphatic heterocycles. The van der Waals surface area contributed by atoms with E-state index in [1.807, 2.05) is 37.2 Å². The Bertz CT molecular complexity index is 378. The molecule has 17 heavy (non-hydrogen) atoms. The minimum absolute atomic E-state index is 0.582. The third-order valence-corrected chi connectivity index (χ3v) is 2.85. The average Bonchev–Trinajstić information content (AvgIpc) is 2.74. The highest BCUT2D eigenvalue weighted by Gasteiger charge is 2.13. The van der Waals surface area contributed by atoms with E-state index in [2.05, 4.69) is 22.0 Å². The van der Waals surface area contributed by atoms with Crippen molar-refractivity contribution in [2.75, 3.05) is 26.9 Å². The Morgan fingerprint density at radius 2 is 2.12 bits per heavy atom. The molecular formula is C13H19N3O. The molecule has 2 rings (SSSR count). The predicted octanol–water partition coefficient (Wildman–Crippen LogP) is 1.74. The summed E-state index contributed by atoms with van der Waals surface area (Å²) in [5.74, 6) is 1.07. The maximum absolute atomic E-state index is 5.68. The van der Waals surface area contributed by atoms with Crippen LogP contribution >= 0.6 is 0 Å². The number of hydrogen-bond acceptors (Lipinski definition) is 4. The van der Waals surface area contributed by atoms with E-state index in [-0.39, 0.29) is 0 Å². The van der Waals surface area contributed by atoms with Crippen molar-refractivity contribution in [2.45, 2.75) is 13.5 Å². The van der Waals surface area contributed by atoms with Crippen LogP contribution in [-0.4, -0.2) is 42.7 Å². The van der Waals surface area contributed by atoms with Crippen LogP contribution < -0.4 is 0 Å². The molecule has 0 atom stereocenters. The van der Waals surface area contributed by atoms with Crippen molar-refractivity contribution in [1.82, 2.24) is 9.96 Å². The van der Waals surface area contributed by atoms with Gasteiger partial charge in [-0.1, -0.05) is 30.3 Å². The van der Waals surface area contributed by atoms with Gasteiger partial charge in [0.1, 0.15) is 6.73 Å². The zero-order valence-electron chi connectivity index (χ0n) is 10.5. The molecule has 0 fully saturated rings. The minimum Gasteiger partial charge on any atom is -0.334 e. The second-order valence-electron chi connectivity index (χ2n) is 4.22. The minimum atomic E-state index is 0.582. The van der Waals surface area contributed by atoms with E-state index in [9.17, 15) is 0 Å². The molecule has 0 unspecified atom stereocenters. The van der Waals surface area contributed by atoms with Crippen LogP contribution in [0.15, 0.2) is 35.3 Å². The molecule has 0 N–H and O–H groups in total. The topological polar surface area (TPSA) is 28.1 Å². The number of benzene rings is 1. The molecule has 0 spiro atoms. The van der Waals surface area contributed by atoms with Crippen LogP contribution in [0.3, 0.4) is 0 Å². The van der Waals surface area contributed by atoms with E-state index in [1.54, 1.807) is 0 Å². The zero-order chi connectivity index (χ0) is 12.1. The van der Waals surface area contributed by atoms with E-state index in [0.29, 0.717) is 6.73 Å². The molecule has 4 heteroatoms. The highest BCUT2D eigenvalue weighted by atomic mass is 16.7. The van der Waals surface area contributed by atoms with Crippen molar-refractivity contribution in [3.63, 3.8) is 0 Å². The molecule has 1 aromatic carbocycles. The number of amidine groups is 1. The molecule has 0 radical (unpaired) electrons. The average molecular weight is 233 g/mol. The van der Waals surface area contributed by atoms with Crippen LogP contribution in [0.4, 0.5) is 0 Å². The number of hydroxylamine groups is 2. The van der Waals surface area contributed by atoms with E-state index in [4.69, 9.17) is 4.84 Å². The first-order chi connectivity index (χ1) is 8.25. The fourth-order valence-electron chi connectivity index (χ4n) is 1.81. The maximum Gasteiger partial charge on any atom is 0.141 e. The van der Waals surface area contributed by atoms with Crippen molar-refractivity contribution < 1.29 is 4.84 Å². The van der Waals surface area contributed by atoms with Gasteiger partial charge < -0.3 is 4.90 Å². The quantitative estimate of drug-likeness (QED) is 0.725. The lowest BCUT2D eigenvalue weighted by Gasteiger charge is -2.22. The smallest absolute Gasteiger partial charge is 0.141 e. The van der Waals surface area contributed by atoms with Gasteiger partial charge >= 0.3 is 0 Å². The van der Waals surface area contributed by atoms with Gasteiger partial charge in [0.2, 0.25) is 0 Å². The van der Waals surface area contributed by atoms with Crippen LogP contribution in [0.25, 0.3) is 0 Å². The van der Waals surface area contributed by atoms with E-state index in [0.717, 1.165) is 25.5 Å². The van der Waals surface area contributed by atoms with Crippen LogP contribution in [0.1, 0.15) is 12.5 Å². The molecule has 4 nitrogen and oxygen atoms in total. The standard InChI is InChI=1S/C13H19N3O/c1-12-14-8-9-16(12)11-17-15(2)10-13-6-4-3-5-7-13/h3-7H,8-11H2,1-2H3. The van der Waals surface area contributed by atoms with E-state index in [1.165, 1.54) is 5.56 Å². The first kappa shape index (κ1) is 12.1. The molecule has 0 aliphatic carbocycles. The lowest BCUT2D eigenvalue weighted by atomic mass is 10.2. The van der Waals surface area contributed by atoms with Gasteiger partial charge in [-0.25, -0.2) is 0 Å². The largest absolute Gasteiger partial charge is 0.334 e. The summed E-state index contributed by atoms with van der Waals surface area (Å²) in [6.45, 7) is 5.25. The normalized spacial score (nSPS) is 15.5. The molecule has 0 saturated carbocycles. The van der Waals surface area contributed by atoms with Crippen molar-refractivity contribution in [3.8, 4) is 0 Å². The first-order valence-corrected chi connectivity index (χ1v) is 5.89. The van der Waals surface area contributed by atoms with Crippen molar-refractivity contribution >= 4 is 5.84 Å².